The van der Waals surface area contributed by atoms with Gasteiger partial charge in [-0.2, -0.15) is 0 Å². The summed E-state index contributed by atoms with van der Waals surface area (Å²) in [7, 11) is 0. The monoisotopic (exact) mass is 249 g/mol. The van der Waals surface area contributed by atoms with Crippen molar-refractivity contribution < 1.29 is 0 Å². The van der Waals surface area contributed by atoms with Crippen LogP contribution in [-0.2, 0) is 6.42 Å². The molecular formula is C13H16ClN3. The molecule has 1 fully saturated rings. The molecule has 0 spiro atoms. The highest BCUT2D eigenvalue weighted by Gasteiger charge is 2.14. The summed E-state index contributed by atoms with van der Waals surface area (Å²) >= 11 is 6.05. The Morgan fingerprint density at radius 3 is 3.06 bits per heavy atom. The van der Waals surface area contributed by atoms with Crippen LogP contribution >= 0.6 is 11.6 Å². The average Bonchev–Trinajstić information content (AvgIpc) is 2.73. The van der Waals surface area contributed by atoms with Gasteiger partial charge in [-0.1, -0.05) is 11.6 Å². The lowest BCUT2D eigenvalue weighted by Gasteiger charge is -2.24. The number of nitrogens with one attached hydrogen (secondary N) is 3. The average molecular weight is 250 g/mol. The van der Waals surface area contributed by atoms with Crippen LogP contribution in [0.25, 0.3) is 10.9 Å². The molecule has 1 unspecified atom stereocenters. The number of aromatic amines is 1. The molecule has 1 aromatic heterocycles. The van der Waals surface area contributed by atoms with Crippen LogP contribution in [0, 0.1) is 0 Å². The molecule has 2 aromatic rings. The maximum Gasteiger partial charge on any atom is 0.0457 e. The van der Waals surface area contributed by atoms with Gasteiger partial charge in [0, 0.05) is 47.8 Å². The summed E-state index contributed by atoms with van der Waals surface area (Å²) < 4.78 is 0. The predicted octanol–water partition coefficient (Wildman–Crippen LogP) is 1.93. The van der Waals surface area contributed by atoms with Gasteiger partial charge in [-0.3, -0.25) is 0 Å². The van der Waals surface area contributed by atoms with Crippen molar-refractivity contribution in [1.29, 1.82) is 0 Å². The first kappa shape index (κ1) is 11.1. The fourth-order valence-corrected chi connectivity index (χ4v) is 2.61. The topological polar surface area (TPSA) is 39.9 Å². The molecule has 0 aliphatic carbocycles. The lowest BCUT2D eigenvalue weighted by molar-refractivity contribution is 0.417. The van der Waals surface area contributed by atoms with Crippen molar-refractivity contribution in [1.82, 2.24) is 15.6 Å². The standard InChI is InChI=1S/C13H16ClN3/c14-10-1-2-13-12(6-10)9(7-17-13)5-11-8-15-3-4-16-11/h1-2,6-7,11,15-17H,3-5,8H2. The van der Waals surface area contributed by atoms with Crippen molar-refractivity contribution in [3.05, 3.63) is 35.0 Å². The first-order chi connectivity index (χ1) is 8.33. The quantitative estimate of drug-likeness (QED) is 0.761. The number of halogens is 1. The molecule has 0 saturated carbocycles. The van der Waals surface area contributed by atoms with Gasteiger partial charge in [0.15, 0.2) is 0 Å². The Hall–Kier alpha value is -1.03. The SMILES string of the molecule is Clc1ccc2[nH]cc(CC3CNCCN3)c2c1. The maximum absolute atomic E-state index is 6.05. The highest BCUT2D eigenvalue weighted by Crippen LogP contribution is 2.23. The molecule has 0 radical (unpaired) electrons. The van der Waals surface area contributed by atoms with Crippen LogP contribution in [0.3, 0.4) is 0 Å². The Labute approximate surface area is 106 Å². The van der Waals surface area contributed by atoms with Crippen LogP contribution < -0.4 is 10.6 Å². The summed E-state index contributed by atoms with van der Waals surface area (Å²) in [6.07, 6.45) is 3.13. The summed E-state index contributed by atoms with van der Waals surface area (Å²) in [5, 5.41) is 8.98. The molecule has 4 heteroatoms. The third-order valence-corrected chi connectivity index (χ3v) is 3.56. The van der Waals surface area contributed by atoms with Gasteiger partial charge in [-0.15, -0.1) is 0 Å². The van der Waals surface area contributed by atoms with Crippen LogP contribution in [-0.4, -0.2) is 30.7 Å². The number of aromatic nitrogens is 1. The van der Waals surface area contributed by atoms with Gasteiger partial charge in [-0.05, 0) is 30.2 Å². The summed E-state index contributed by atoms with van der Waals surface area (Å²) in [5.41, 5.74) is 2.50. The van der Waals surface area contributed by atoms with E-state index < -0.39 is 0 Å². The number of piperazine rings is 1. The summed E-state index contributed by atoms with van der Waals surface area (Å²) in [4.78, 5) is 3.30. The predicted molar refractivity (Wildman–Crippen MR) is 71.7 cm³/mol. The van der Waals surface area contributed by atoms with Crippen molar-refractivity contribution in [2.24, 2.45) is 0 Å². The normalized spacial score (nSPS) is 20.9. The summed E-state index contributed by atoms with van der Waals surface area (Å²) in [6, 6.07) is 6.51. The largest absolute Gasteiger partial charge is 0.361 e. The van der Waals surface area contributed by atoms with Gasteiger partial charge in [0.25, 0.3) is 0 Å². The van der Waals surface area contributed by atoms with Crippen molar-refractivity contribution >= 4 is 22.5 Å². The Kier molecular flexibility index (Phi) is 3.05. The highest BCUT2D eigenvalue weighted by molar-refractivity contribution is 6.31. The van der Waals surface area contributed by atoms with Crippen LogP contribution in [0.4, 0.5) is 0 Å². The second-order valence-corrected chi connectivity index (χ2v) is 5.00. The fraction of sp³-hybridized carbons (Fsp3) is 0.385. The molecule has 2 heterocycles. The molecule has 90 valence electrons. The number of rotatable bonds is 2. The van der Waals surface area contributed by atoms with E-state index in [2.05, 4.69) is 21.8 Å². The molecule has 3 N–H and O–H groups in total. The Morgan fingerprint density at radius 2 is 2.24 bits per heavy atom. The molecule has 1 aromatic carbocycles. The van der Waals surface area contributed by atoms with Crippen LogP contribution in [0.5, 0.6) is 0 Å². The minimum atomic E-state index is 0.515. The molecular weight excluding hydrogens is 234 g/mol. The third-order valence-electron chi connectivity index (χ3n) is 3.32. The van der Waals surface area contributed by atoms with E-state index in [0.717, 1.165) is 36.6 Å². The lowest BCUT2D eigenvalue weighted by atomic mass is 10.0. The molecule has 1 atom stereocenters. The number of hydrogen-bond acceptors (Lipinski definition) is 2. The number of H-pyrrole nitrogens is 1. The van der Waals surface area contributed by atoms with E-state index in [4.69, 9.17) is 11.6 Å². The van der Waals surface area contributed by atoms with Crippen molar-refractivity contribution in [3.8, 4) is 0 Å². The molecule has 0 bridgehead atoms. The molecule has 3 nitrogen and oxygen atoms in total. The second-order valence-electron chi connectivity index (χ2n) is 4.56. The zero-order valence-electron chi connectivity index (χ0n) is 9.59. The fourth-order valence-electron chi connectivity index (χ4n) is 2.44. The minimum Gasteiger partial charge on any atom is -0.361 e. The molecule has 1 aliphatic rings. The first-order valence-electron chi connectivity index (χ1n) is 6.02. The lowest BCUT2D eigenvalue weighted by Crippen LogP contribution is -2.49. The zero-order chi connectivity index (χ0) is 11.7. The Bertz CT molecular complexity index is 514. The van der Waals surface area contributed by atoms with E-state index in [1.54, 1.807) is 0 Å². The summed E-state index contributed by atoms with van der Waals surface area (Å²) in [6.45, 7) is 3.15. The number of hydrogen-bond donors (Lipinski definition) is 3. The third kappa shape index (κ3) is 2.32. The van der Waals surface area contributed by atoms with Gasteiger partial charge in [0.2, 0.25) is 0 Å². The maximum atomic E-state index is 6.05. The van der Waals surface area contributed by atoms with Crippen molar-refractivity contribution in [2.75, 3.05) is 19.6 Å². The van der Waals surface area contributed by atoms with Crippen molar-refractivity contribution in [3.63, 3.8) is 0 Å². The van der Waals surface area contributed by atoms with E-state index in [-0.39, 0.29) is 0 Å². The Balaban J connectivity index is 1.86. The Morgan fingerprint density at radius 1 is 1.29 bits per heavy atom. The van der Waals surface area contributed by atoms with Crippen molar-refractivity contribution in [2.45, 2.75) is 12.5 Å². The van der Waals surface area contributed by atoms with E-state index >= 15 is 0 Å². The zero-order valence-corrected chi connectivity index (χ0v) is 10.3. The minimum absolute atomic E-state index is 0.515. The number of benzene rings is 1. The smallest absolute Gasteiger partial charge is 0.0457 e. The number of fused-ring (bicyclic) bond motifs is 1. The van der Waals surface area contributed by atoms with Gasteiger partial charge in [0.05, 0.1) is 0 Å². The van der Waals surface area contributed by atoms with E-state index in [9.17, 15) is 0 Å². The van der Waals surface area contributed by atoms with E-state index in [0.29, 0.717) is 6.04 Å². The van der Waals surface area contributed by atoms with Gasteiger partial charge in [0.1, 0.15) is 0 Å². The van der Waals surface area contributed by atoms with Gasteiger partial charge >= 0.3 is 0 Å². The van der Waals surface area contributed by atoms with E-state index in [1.807, 2.05) is 18.2 Å². The molecule has 0 amide bonds. The highest BCUT2D eigenvalue weighted by atomic mass is 35.5. The molecule has 17 heavy (non-hydrogen) atoms. The van der Waals surface area contributed by atoms with Crippen LogP contribution in [0.1, 0.15) is 5.56 Å². The van der Waals surface area contributed by atoms with Gasteiger partial charge < -0.3 is 15.6 Å². The molecule has 3 rings (SSSR count). The molecule has 1 aliphatic heterocycles. The second kappa shape index (κ2) is 4.69. The van der Waals surface area contributed by atoms with Gasteiger partial charge in [-0.25, -0.2) is 0 Å². The van der Waals surface area contributed by atoms with Crippen LogP contribution in [0.2, 0.25) is 5.02 Å². The van der Waals surface area contributed by atoms with Crippen LogP contribution in [0.15, 0.2) is 24.4 Å². The van der Waals surface area contributed by atoms with E-state index in [1.165, 1.54) is 10.9 Å². The first-order valence-corrected chi connectivity index (χ1v) is 6.40. The summed E-state index contributed by atoms with van der Waals surface area (Å²) in [5.74, 6) is 0. The molecule has 1 saturated heterocycles.